The number of fused-ring (bicyclic) bond motifs is 1. The lowest BCUT2D eigenvalue weighted by Crippen LogP contribution is -2.57. The summed E-state index contributed by atoms with van der Waals surface area (Å²) in [6.07, 6.45) is 4.77. The minimum Gasteiger partial charge on any atom is -0.463 e. The van der Waals surface area contributed by atoms with Crippen molar-refractivity contribution in [1.82, 2.24) is 14.7 Å². The van der Waals surface area contributed by atoms with Gasteiger partial charge in [-0.1, -0.05) is 19.9 Å². The number of likely N-dealkylation sites (tertiary alicyclic amines) is 2. The Labute approximate surface area is 180 Å². The molecule has 31 heavy (non-hydrogen) atoms. The number of hydrogen-bond donors (Lipinski definition) is 1. The molecule has 0 saturated carbocycles. The second kappa shape index (κ2) is 9.42. The van der Waals surface area contributed by atoms with Crippen molar-refractivity contribution >= 4 is 29.6 Å². The lowest BCUT2D eigenvalue weighted by molar-refractivity contribution is -0.161. The Morgan fingerprint density at radius 2 is 1.81 bits per heavy atom. The molecule has 10 nitrogen and oxygen atoms in total. The van der Waals surface area contributed by atoms with Gasteiger partial charge in [0.05, 0.1) is 24.9 Å². The lowest BCUT2D eigenvalue weighted by Gasteiger charge is -2.34. The summed E-state index contributed by atoms with van der Waals surface area (Å²) in [6.45, 7) is 5.13. The molecule has 2 N–H and O–H groups in total. The van der Waals surface area contributed by atoms with E-state index in [0.717, 1.165) is 9.80 Å². The fraction of sp³-hybridized carbons (Fsp3) is 0.571. The summed E-state index contributed by atoms with van der Waals surface area (Å²) >= 11 is 0. The van der Waals surface area contributed by atoms with Crippen molar-refractivity contribution in [2.45, 2.75) is 32.7 Å². The SMILES string of the molecule is CCN(CC)CC(=O)OCCN1C(=O)CCC(N2C(=O)C3C=CC(N)=C[C@@H]3C2=O)C1=O. The van der Waals surface area contributed by atoms with Gasteiger partial charge in [-0.3, -0.25) is 38.7 Å². The number of allylic oxidation sites excluding steroid dienone is 1. The number of carbonyl (C=O) groups excluding carboxylic acids is 5. The van der Waals surface area contributed by atoms with Crippen LogP contribution in [0.4, 0.5) is 0 Å². The maximum Gasteiger partial charge on any atom is 0.320 e. The molecule has 0 aromatic heterocycles. The summed E-state index contributed by atoms with van der Waals surface area (Å²) in [4.78, 5) is 66.7. The molecule has 3 rings (SSSR count). The number of piperidine rings is 1. The summed E-state index contributed by atoms with van der Waals surface area (Å²) in [6, 6.07) is -1.04. The van der Waals surface area contributed by atoms with E-state index in [9.17, 15) is 24.0 Å². The highest BCUT2D eigenvalue weighted by atomic mass is 16.5. The maximum atomic E-state index is 13.0. The summed E-state index contributed by atoms with van der Waals surface area (Å²) in [5, 5.41) is 0. The Bertz CT molecular complexity index is 847. The van der Waals surface area contributed by atoms with Crippen LogP contribution in [-0.2, 0) is 28.7 Å². The monoisotopic (exact) mass is 432 g/mol. The minimum atomic E-state index is -1.04. The van der Waals surface area contributed by atoms with Crippen LogP contribution in [-0.4, -0.2) is 83.1 Å². The van der Waals surface area contributed by atoms with Gasteiger partial charge in [-0.15, -0.1) is 0 Å². The molecule has 2 saturated heterocycles. The highest BCUT2D eigenvalue weighted by Gasteiger charge is 2.52. The summed E-state index contributed by atoms with van der Waals surface area (Å²) in [7, 11) is 0. The van der Waals surface area contributed by atoms with Gasteiger partial charge in [0.1, 0.15) is 12.6 Å². The third kappa shape index (κ3) is 4.53. The zero-order chi connectivity index (χ0) is 22.7. The van der Waals surface area contributed by atoms with Crippen molar-refractivity contribution in [2.24, 2.45) is 17.6 Å². The second-order valence-electron chi connectivity index (χ2n) is 7.74. The highest BCUT2D eigenvalue weighted by molar-refractivity contribution is 6.12. The molecular formula is C21H28N4O6. The van der Waals surface area contributed by atoms with Gasteiger partial charge < -0.3 is 10.5 Å². The van der Waals surface area contributed by atoms with Crippen LogP contribution in [0.3, 0.4) is 0 Å². The molecule has 2 heterocycles. The van der Waals surface area contributed by atoms with Gasteiger partial charge in [0.2, 0.25) is 17.7 Å². The quantitative estimate of drug-likeness (QED) is 0.398. The van der Waals surface area contributed by atoms with E-state index in [2.05, 4.69) is 0 Å². The molecule has 2 unspecified atom stereocenters. The number of rotatable bonds is 8. The Morgan fingerprint density at radius 1 is 1.13 bits per heavy atom. The number of imide groups is 2. The largest absolute Gasteiger partial charge is 0.463 e. The number of esters is 1. The van der Waals surface area contributed by atoms with Crippen LogP contribution >= 0.6 is 0 Å². The highest BCUT2D eigenvalue weighted by Crippen LogP contribution is 2.35. The van der Waals surface area contributed by atoms with Gasteiger partial charge >= 0.3 is 5.97 Å². The fourth-order valence-electron chi connectivity index (χ4n) is 4.12. The standard InChI is InChI=1S/C21H28N4O6/c1-3-23(4-2)12-18(27)31-10-9-24-17(26)8-7-16(21(24)30)25-19(28)14-6-5-13(22)11-15(14)20(25)29/h5-6,11,14-16H,3-4,7-10,12,22H2,1-2H3/t14?,15-,16?/m0/s1. The molecular weight excluding hydrogens is 404 g/mol. The van der Waals surface area contributed by atoms with Crippen molar-refractivity contribution in [2.75, 3.05) is 32.8 Å². The zero-order valence-corrected chi connectivity index (χ0v) is 17.8. The van der Waals surface area contributed by atoms with Crippen LogP contribution < -0.4 is 5.73 Å². The van der Waals surface area contributed by atoms with E-state index in [4.69, 9.17) is 10.5 Å². The van der Waals surface area contributed by atoms with Gasteiger partial charge in [0.15, 0.2) is 0 Å². The number of ether oxygens (including phenoxy) is 1. The number of hydrogen-bond acceptors (Lipinski definition) is 8. The Balaban J connectivity index is 1.63. The first-order valence-electron chi connectivity index (χ1n) is 10.5. The number of amides is 4. The first-order valence-corrected chi connectivity index (χ1v) is 10.5. The van der Waals surface area contributed by atoms with E-state index in [0.29, 0.717) is 18.8 Å². The smallest absolute Gasteiger partial charge is 0.320 e. The molecule has 168 valence electrons. The van der Waals surface area contributed by atoms with E-state index < -0.39 is 47.5 Å². The fourth-order valence-corrected chi connectivity index (χ4v) is 4.12. The van der Waals surface area contributed by atoms with Crippen molar-refractivity contribution in [3.63, 3.8) is 0 Å². The Hall–Kier alpha value is -3.01. The molecule has 0 bridgehead atoms. The topological polar surface area (TPSA) is 130 Å². The molecule has 2 aliphatic heterocycles. The summed E-state index contributed by atoms with van der Waals surface area (Å²) in [5.74, 6) is -3.84. The average molecular weight is 432 g/mol. The van der Waals surface area contributed by atoms with Gasteiger partial charge in [-0.25, -0.2) is 0 Å². The van der Waals surface area contributed by atoms with Crippen LogP contribution in [0, 0.1) is 11.8 Å². The van der Waals surface area contributed by atoms with Gasteiger partial charge in [-0.05, 0) is 31.7 Å². The molecule has 4 amide bonds. The predicted molar refractivity (Wildman–Crippen MR) is 109 cm³/mol. The van der Waals surface area contributed by atoms with Gasteiger partial charge in [-0.2, -0.15) is 0 Å². The number of likely N-dealkylation sites (N-methyl/N-ethyl adjacent to an activating group) is 1. The molecule has 2 fully saturated rings. The van der Waals surface area contributed by atoms with Crippen molar-refractivity contribution < 1.29 is 28.7 Å². The predicted octanol–water partition coefficient (Wildman–Crippen LogP) is -0.597. The summed E-state index contributed by atoms with van der Waals surface area (Å²) < 4.78 is 5.16. The van der Waals surface area contributed by atoms with Crippen LogP contribution in [0.25, 0.3) is 0 Å². The summed E-state index contributed by atoms with van der Waals surface area (Å²) in [5.41, 5.74) is 6.14. The number of carbonyl (C=O) groups is 5. The van der Waals surface area contributed by atoms with Crippen molar-refractivity contribution in [1.29, 1.82) is 0 Å². The van der Waals surface area contributed by atoms with Crippen LogP contribution in [0.2, 0.25) is 0 Å². The molecule has 3 aliphatic rings. The van der Waals surface area contributed by atoms with E-state index >= 15 is 0 Å². The number of nitrogens with zero attached hydrogens (tertiary/aromatic N) is 3. The van der Waals surface area contributed by atoms with Crippen molar-refractivity contribution in [3.8, 4) is 0 Å². The number of nitrogens with two attached hydrogens (primary N) is 1. The van der Waals surface area contributed by atoms with Crippen molar-refractivity contribution in [3.05, 3.63) is 23.9 Å². The molecule has 3 atom stereocenters. The van der Waals surface area contributed by atoms with Crippen LogP contribution in [0.1, 0.15) is 26.7 Å². The third-order valence-corrected chi connectivity index (χ3v) is 5.92. The Morgan fingerprint density at radius 3 is 2.48 bits per heavy atom. The average Bonchev–Trinajstić information content (AvgIpc) is 2.98. The van der Waals surface area contributed by atoms with E-state index in [1.165, 1.54) is 6.08 Å². The van der Waals surface area contributed by atoms with E-state index in [1.807, 2.05) is 18.7 Å². The first kappa shape index (κ1) is 22.7. The van der Waals surface area contributed by atoms with E-state index in [-0.39, 0.29) is 32.5 Å². The molecule has 0 aromatic carbocycles. The van der Waals surface area contributed by atoms with E-state index in [1.54, 1.807) is 12.2 Å². The van der Waals surface area contributed by atoms with Crippen LogP contribution in [0.5, 0.6) is 0 Å². The normalized spacial score (nSPS) is 25.9. The van der Waals surface area contributed by atoms with Gasteiger partial charge in [0, 0.05) is 12.1 Å². The third-order valence-electron chi connectivity index (χ3n) is 5.92. The maximum absolute atomic E-state index is 13.0. The molecule has 1 aliphatic carbocycles. The van der Waals surface area contributed by atoms with Gasteiger partial charge in [0.25, 0.3) is 5.91 Å². The molecule has 0 aromatic rings. The lowest BCUT2D eigenvalue weighted by atomic mass is 9.90. The Kier molecular flexibility index (Phi) is 6.89. The molecule has 10 heteroatoms. The minimum absolute atomic E-state index is 0.0179. The second-order valence-corrected chi connectivity index (χ2v) is 7.74. The van der Waals surface area contributed by atoms with Crippen LogP contribution in [0.15, 0.2) is 23.9 Å². The zero-order valence-electron chi connectivity index (χ0n) is 17.8. The molecule has 0 radical (unpaired) electrons. The molecule has 0 spiro atoms. The first-order chi connectivity index (χ1) is 14.8.